The van der Waals surface area contributed by atoms with Crippen LogP contribution in [0.25, 0.3) is 11.3 Å². The molecule has 0 amide bonds. The fourth-order valence-electron chi connectivity index (χ4n) is 1.44. The van der Waals surface area contributed by atoms with Gasteiger partial charge in [-0.1, -0.05) is 11.6 Å². The van der Waals surface area contributed by atoms with Gasteiger partial charge in [-0.3, -0.25) is 0 Å². The van der Waals surface area contributed by atoms with E-state index in [1.165, 1.54) is 0 Å². The minimum Gasteiger partial charge on any atom is -0.497 e. The van der Waals surface area contributed by atoms with Gasteiger partial charge in [-0.25, -0.2) is 4.98 Å². The quantitative estimate of drug-likeness (QED) is 0.762. The Morgan fingerprint density at radius 2 is 1.88 bits per heavy atom. The lowest BCUT2D eigenvalue weighted by Crippen LogP contribution is -1.88. The van der Waals surface area contributed by atoms with Crippen molar-refractivity contribution in [3.63, 3.8) is 0 Å². The Morgan fingerprint density at radius 3 is 2.41 bits per heavy atom. The number of aromatic nitrogens is 1. The Labute approximate surface area is 104 Å². The van der Waals surface area contributed by atoms with Crippen LogP contribution >= 0.6 is 11.6 Å². The molecule has 0 aliphatic rings. The van der Waals surface area contributed by atoms with Crippen LogP contribution < -0.4 is 4.74 Å². The van der Waals surface area contributed by atoms with Crippen LogP contribution in [0.3, 0.4) is 0 Å². The number of ether oxygens (including phenoxy) is 1. The molecule has 84 valence electrons. The van der Waals surface area contributed by atoms with Crippen molar-refractivity contribution in [1.82, 2.24) is 4.98 Å². The van der Waals surface area contributed by atoms with Gasteiger partial charge in [-0.2, -0.15) is 5.26 Å². The number of hydrogen-bond acceptors (Lipinski definition) is 3. The third-order valence-corrected chi connectivity index (χ3v) is 2.64. The molecule has 3 nitrogen and oxygen atoms in total. The molecule has 0 unspecified atom stereocenters. The topological polar surface area (TPSA) is 45.9 Å². The molecule has 1 aromatic carbocycles. The number of rotatable bonds is 2. The van der Waals surface area contributed by atoms with E-state index in [-0.39, 0.29) is 5.15 Å². The van der Waals surface area contributed by atoms with Gasteiger partial charge in [-0.15, -0.1) is 0 Å². The van der Waals surface area contributed by atoms with Gasteiger partial charge in [0.1, 0.15) is 17.0 Å². The zero-order valence-electron chi connectivity index (χ0n) is 9.14. The Kier molecular flexibility index (Phi) is 3.27. The molecule has 0 N–H and O–H groups in total. The molecule has 0 aliphatic carbocycles. The summed E-state index contributed by atoms with van der Waals surface area (Å²) in [5, 5.41) is 8.98. The standard InChI is InChI=1S/C13H9ClN2O/c1-17-11-5-2-9(3-6-11)12-7-4-10(8-15)13(14)16-12/h2-7H,1H3. The first-order chi connectivity index (χ1) is 8.24. The van der Waals surface area contributed by atoms with E-state index in [1.807, 2.05) is 30.3 Å². The summed E-state index contributed by atoms with van der Waals surface area (Å²) in [5.41, 5.74) is 2.04. The van der Waals surface area contributed by atoms with Crippen LogP contribution in [0.1, 0.15) is 5.56 Å². The van der Waals surface area contributed by atoms with E-state index in [1.54, 1.807) is 19.2 Å². The van der Waals surface area contributed by atoms with E-state index in [2.05, 4.69) is 4.98 Å². The zero-order valence-corrected chi connectivity index (χ0v) is 9.90. The molecule has 0 aliphatic heterocycles. The van der Waals surface area contributed by atoms with E-state index >= 15 is 0 Å². The summed E-state index contributed by atoms with van der Waals surface area (Å²) in [6.45, 7) is 0. The third-order valence-electron chi connectivity index (χ3n) is 2.35. The molecule has 2 aromatic rings. The molecule has 0 bridgehead atoms. The molecular weight excluding hydrogens is 236 g/mol. The van der Waals surface area contributed by atoms with Crippen LogP contribution in [0.5, 0.6) is 5.75 Å². The fraction of sp³-hybridized carbons (Fsp3) is 0.0769. The monoisotopic (exact) mass is 244 g/mol. The number of methoxy groups -OCH3 is 1. The van der Waals surface area contributed by atoms with E-state index in [0.717, 1.165) is 17.0 Å². The SMILES string of the molecule is COc1ccc(-c2ccc(C#N)c(Cl)n2)cc1. The molecule has 1 heterocycles. The predicted molar refractivity (Wildman–Crippen MR) is 66.0 cm³/mol. The highest BCUT2D eigenvalue weighted by atomic mass is 35.5. The molecule has 0 fully saturated rings. The summed E-state index contributed by atoms with van der Waals surface area (Å²) in [6, 6.07) is 12.9. The maximum absolute atomic E-state index is 8.76. The first-order valence-corrected chi connectivity index (χ1v) is 5.33. The summed E-state index contributed by atoms with van der Waals surface area (Å²) in [5.74, 6) is 0.786. The number of halogens is 1. The molecule has 4 heteroatoms. The van der Waals surface area contributed by atoms with Gasteiger partial charge in [0.05, 0.1) is 18.4 Å². The maximum atomic E-state index is 8.76. The van der Waals surface area contributed by atoms with Crippen molar-refractivity contribution < 1.29 is 4.74 Å². The number of nitrogens with zero attached hydrogens (tertiary/aromatic N) is 2. The first-order valence-electron chi connectivity index (χ1n) is 4.95. The maximum Gasteiger partial charge on any atom is 0.147 e. The van der Waals surface area contributed by atoms with Gasteiger partial charge in [0.2, 0.25) is 0 Å². The minimum atomic E-state index is 0.223. The Morgan fingerprint density at radius 1 is 1.18 bits per heavy atom. The second kappa shape index (κ2) is 4.86. The molecule has 2 rings (SSSR count). The fourth-order valence-corrected chi connectivity index (χ4v) is 1.64. The number of benzene rings is 1. The van der Waals surface area contributed by atoms with Gasteiger partial charge in [-0.05, 0) is 36.4 Å². The summed E-state index contributed by atoms with van der Waals surface area (Å²) in [6.07, 6.45) is 0. The lowest BCUT2D eigenvalue weighted by atomic mass is 10.1. The van der Waals surface area contributed by atoms with Gasteiger partial charge < -0.3 is 4.74 Å². The van der Waals surface area contributed by atoms with Gasteiger partial charge in [0.25, 0.3) is 0 Å². The number of pyridine rings is 1. The van der Waals surface area contributed by atoms with E-state index < -0.39 is 0 Å². The van der Waals surface area contributed by atoms with Crippen LogP contribution in [0.15, 0.2) is 36.4 Å². The average molecular weight is 245 g/mol. The first kappa shape index (κ1) is 11.4. The van der Waals surface area contributed by atoms with Crippen molar-refractivity contribution in [1.29, 1.82) is 5.26 Å². The molecule has 0 saturated heterocycles. The second-order valence-electron chi connectivity index (χ2n) is 3.38. The van der Waals surface area contributed by atoms with Gasteiger partial charge >= 0.3 is 0 Å². The lowest BCUT2D eigenvalue weighted by Gasteiger charge is -2.04. The predicted octanol–water partition coefficient (Wildman–Crippen LogP) is 3.28. The number of nitriles is 1. The van der Waals surface area contributed by atoms with E-state index in [9.17, 15) is 0 Å². The normalized spacial score (nSPS) is 9.71. The van der Waals surface area contributed by atoms with E-state index in [0.29, 0.717) is 5.56 Å². The Hall–Kier alpha value is -2.05. The highest BCUT2D eigenvalue weighted by molar-refractivity contribution is 6.30. The van der Waals surface area contributed by atoms with Crippen LogP contribution in [-0.2, 0) is 0 Å². The zero-order chi connectivity index (χ0) is 12.3. The average Bonchev–Trinajstić information content (AvgIpc) is 2.39. The van der Waals surface area contributed by atoms with Crippen LogP contribution in [0.2, 0.25) is 5.15 Å². The molecule has 17 heavy (non-hydrogen) atoms. The van der Waals surface area contributed by atoms with Crippen molar-refractivity contribution >= 4 is 11.6 Å². The molecule has 0 atom stereocenters. The highest BCUT2D eigenvalue weighted by Gasteiger charge is 2.04. The van der Waals surface area contributed by atoms with Crippen molar-refractivity contribution in [3.05, 3.63) is 47.1 Å². The molecule has 0 saturated carbocycles. The van der Waals surface area contributed by atoms with Crippen molar-refractivity contribution in [2.45, 2.75) is 0 Å². The van der Waals surface area contributed by atoms with Crippen molar-refractivity contribution in [3.8, 4) is 23.1 Å². The van der Waals surface area contributed by atoms with Crippen molar-refractivity contribution in [2.24, 2.45) is 0 Å². The minimum absolute atomic E-state index is 0.223. The largest absolute Gasteiger partial charge is 0.497 e. The van der Waals surface area contributed by atoms with Crippen LogP contribution in [-0.4, -0.2) is 12.1 Å². The molecule has 0 radical (unpaired) electrons. The van der Waals surface area contributed by atoms with Crippen molar-refractivity contribution in [2.75, 3.05) is 7.11 Å². The summed E-state index contributed by atoms with van der Waals surface area (Å²) in [7, 11) is 1.62. The second-order valence-corrected chi connectivity index (χ2v) is 3.73. The van der Waals surface area contributed by atoms with Crippen LogP contribution in [0, 0.1) is 11.3 Å². The van der Waals surface area contributed by atoms with Crippen LogP contribution in [0.4, 0.5) is 0 Å². The summed E-state index contributed by atoms with van der Waals surface area (Å²) >= 11 is 5.88. The molecular formula is C13H9ClN2O. The highest BCUT2D eigenvalue weighted by Crippen LogP contribution is 2.23. The van der Waals surface area contributed by atoms with Gasteiger partial charge in [0.15, 0.2) is 0 Å². The molecule has 0 spiro atoms. The number of hydrogen-bond donors (Lipinski definition) is 0. The third kappa shape index (κ3) is 2.38. The lowest BCUT2D eigenvalue weighted by molar-refractivity contribution is 0.415. The van der Waals surface area contributed by atoms with E-state index in [4.69, 9.17) is 21.6 Å². The Balaban J connectivity index is 2.40. The summed E-state index contributed by atoms with van der Waals surface area (Å²) < 4.78 is 5.08. The molecule has 1 aromatic heterocycles. The Bertz CT molecular complexity index is 573. The smallest absolute Gasteiger partial charge is 0.147 e. The van der Waals surface area contributed by atoms with Gasteiger partial charge in [0, 0.05) is 5.56 Å². The summed E-state index contributed by atoms with van der Waals surface area (Å²) in [4.78, 5) is 4.17.